The first-order valence-corrected chi connectivity index (χ1v) is 10.6. The summed E-state index contributed by atoms with van der Waals surface area (Å²) in [6.07, 6.45) is 4.36. The first kappa shape index (κ1) is 20.9. The highest BCUT2D eigenvalue weighted by Gasteiger charge is 2.26. The average Bonchev–Trinajstić information content (AvgIpc) is 2.77. The summed E-state index contributed by atoms with van der Waals surface area (Å²) in [5, 5.41) is 0.969. The van der Waals surface area contributed by atoms with Crippen molar-refractivity contribution in [1.29, 1.82) is 0 Å². The molecule has 0 saturated carbocycles. The second-order valence-electron chi connectivity index (χ2n) is 8.37. The largest absolute Gasteiger partial charge is 0.343 e. The topological polar surface area (TPSA) is 79.3 Å². The van der Waals surface area contributed by atoms with Crippen LogP contribution in [0.25, 0.3) is 10.9 Å². The number of rotatable bonds is 4. The zero-order valence-electron chi connectivity index (χ0n) is 18.2. The number of fused-ring (bicyclic) bond motifs is 1. The Hall–Kier alpha value is -3.35. The fourth-order valence-electron chi connectivity index (χ4n) is 4.16. The van der Waals surface area contributed by atoms with Gasteiger partial charge in [-0.1, -0.05) is 18.2 Å². The second-order valence-corrected chi connectivity index (χ2v) is 8.37. The van der Waals surface area contributed by atoms with Crippen molar-refractivity contribution in [3.63, 3.8) is 0 Å². The van der Waals surface area contributed by atoms with Crippen molar-refractivity contribution in [3.05, 3.63) is 65.4 Å². The van der Waals surface area contributed by atoms with Gasteiger partial charge in [0.25, 0.3) is 11.8 Å². The van der Waals surface area contributed by atoms with Crippen LogP contribution in [0, 0.1) is 12.8 Å². The molecule has 1 fully saturated rings. The third kappa shape index (κ3) is 4.71. The van der Waals surface area contributed by atoms with Gasteiger partial charge < -0.3 is 9.80 Å². The Balaban J connectivity index is 1.48. The van der Waals surface area contributed by atoms with Gasteiger partial charge in [0.2, 0.25) is 0 Å². The maximum Gasteiger partial charge on any atom is 0.272 e. The fraction of sp³-hybridized carbons (Fsp3) is 0.375. The van der Waals surface area contributed by atoms with Crippen LogP contribution in [0.3, 0.4) is 0 Å². The molecule has 1 saturated heterocycles. The number of hydrogen-bond acceptors (Lipinski definition) is 5. The van der Waals surface area contributed by atoms with Crippen LogP contribution in [-0.4, -0.2) is 63.8 Å². The third-order valence-electron chi connectivity index (χ3n) is 5.66. The van der Waals surface area contributed by atoms with E-state index < -0.39 is 0 Å². The number of amides is 2. The molecule has 1 aromatic carbocycles. The van der Waals surface area contributed by atoms with Crippen molar-refractivity contribution in [1.82, 2.24) is 24.8 Å². The van der Waals surface area contributed by atoms with Crippen LogP contribution < -0.4 is 0 Å². The minimum absolute atomic E-state index is 0.0188. The van der Waals surface area contributed by atoms with Crippen LogP contribution in [-0.2, 0) is 6.42 Å². The normalized spacial score (nSPS) is 16.4. The average molecular weight is 418 g/mol. The molecule has 31 heavy (non-hydrogen) atoms. The van der Waals surface area contributed by atoms with Gasteiger partial charge in [0, 0.05) is 44.5 Å². The van der Waals surface area contributed by atoms with Crippen molar-refractivity contribution >= 4 is 22.7 Å². The van der Waals surface area contributed by atoms with E-state index in [-0.39, 0.29) is 11.8 Å². The molecule has 0 radical (unpaired) electrons. The van der Waals surface area contributed by atoms with E-state index in [0.29, 0.717) is 29.5 Å². The zero-order valence-corrected chi connectivity index (χ0v) is 18.2. The molecule has 7 nitrogen and oxygen atoms in total. The van der Waals surface area contributed by atoms with Crippen LogP contribution in [0.5, 0.6) is 0 Å². The van der Waals surface area contributed by atoms with E-state index >= 15 is 0 Å². The van der Waals surface area contributed by atoms with E-state index in [1.54, 1.807) is 33.3 Å². The summed E-state index contributed by atoms with van der Waals surface area (Å²) in [6, 6.07) is 11.5. The predicted octanol–water partition coefficient (Wildman–Crippen LogP) is 3.13. The van der Waals surface area contributed by atoms with E-state index in [1.807, 2.05) is 35.2 Å². The van der Waals surface area contributed by atoms with Crippen molar-refractivity contribution in [2.24, 2.45) is 5.92 Å². The number of piperidine rings is 1. The lowest BCUT2D eigenvalue weighted by molar-refractivity contribution is 0.0672. The fourth-order valence-corrected chi connectivity index (χ4v) is 4.16. The number of nitrogens with zero attached hydrogens (tertiary/aromatic N) is 5. The Morgan fingerprint density at radius 1 is 1.16 bits per heavy atom. The molecule has 1 atom stereocenters. The smallest absolute Gasteiger partial charge is 0.272 e. The standard InChI is InChI=1S/C24H27N5O2/c1-16-26-20(13-22(27-16)24(31)28(2)3)11-17-7-6-10-29(15-17)23(30)19-12-18-8-4-5-9-21(18)25-14-19/h4-5,8-9,12-14,17H,6-7,10-11,15H2,1-3H3/t17-/m0/s1. The second kappa shape index (κ2) is 8.79. The van der Waals surface area contributed by atoms with E-state index in [4.69, 9.17) is 0 Å². The van der Waals surface area contributed by atoms with Gasteiger partial charge in [-0.15, -0.1) is 0 Å². The number of aryl methyl sites for hydroxylation is 1. The van der Waals surface area contributed by atoms with E-state index in [2.05, 4.69) is 15.0 Å². The summed E-state index contributed by atoms with van der Waals surface area (Å²) in [5.41, 5.74) is 2.77. The Bertz CT molecular complexity index is 1130. The highest BCUT2D eigenvalue weighted by atomic mass is 16.2. The van der Waals surface area contributed by atoms with Gasteiger partial charge in [-0.05, 0) is 50.3 Å². The number of para-hydroxylation sites is 1. The van der Waals surface area contributed by atoms with Gasteiger partial charge in [0.15, 0.2) is 0 Å². The number of pyridine rings is 1. The monoisotopic (exact) mass is 417 g/mol. The predicted molar refractivity (Wildman–Crippen MR) is 119 cm³/mol. The molecule has 2 amide bonds. The van der Waals surface area contributed by atoms with Crippen molar-refractivity contribution in [2.75, 3.05) is 27.2 Å². The zero-order chi connectivity index (χ0) is 22.0. The van der Waals surface area contributed by atoms with Crippen LogP contribution in [0.15, 0.2) is 42.6 Å². The summed E-state index contributed by atoms with van der Waals surface area (Å²) in [4.78, 5) is 42.1. The number of aromatic nitrogens is 3. The lowest BCUT2D eigenvalue weighted by atomic mass is 9.92. The number of likely N-dealkylation sites (tertiary alicyclic amines) is 1. The number of carbonyl (C=O) groups is 2. The van der Waals surface area contributed by atoms with Gasteiger partial charge in [0.05, 0.1) is 11.1 Å². The van der Waals surface area contributed by atoms with Gasteiger partial charge in [0.1, 0.15) is 11.5 Å². The van der Waals surface area contributed by atoms with Crippen molar-refractivity contribution < 1.29 is 9.59 Å². The molecule has 7 heteroatoms. The van der Waals surface area contributed by atoms with Gasteiger partial charge in [-0.3, -0.25) is 14.6 Å². The molecule has 1 aliphatic rings. The van der Waals surface area contributed by atoms with Crippen LogP contribution >= 0.6 is 0 Å². The van der Waals surface area contributed by atoms with Crippen LogP contribution in [0.1, 0.15) is 45.2 Å². The van der Waals surface area contributed by atoms with E-state index in [0.717, 1.165) is 42.4 Å². The maximum atomic E-state index is 13.1. The molecule has 0 N–H and O–H groups in total. The SMILES string of the molecule is Cc1nc(C[C@@H]2CCCN(C(=O)c3cnc4ccccc4c3)C2)cc(C(=O)N(C)C)n1. The van der Waals surface area contributed by atoms with Gasteiger partial charge in [-0.2, -0.15) is 0 Å². The molecule has 1 aliphatic heterocycles. The number of hydrogen-bond donors (Lipinski definition) is 0. The molecule has 4 rings (SSSR count). The lowest BCUT2D eigenvalue weighted by Crippen LogP contribution is -2.40. The molecule has 3 heterocycles. The maximum absolute atomic E-state index is 13.1. The first-order chi connectivity index (χ1) is 14.9. The Morgan fingerprint density at radius 2 is 1.97 bits per heavy atom. The highest BCUT2D eigenvalue weighted by molar-refractivity contribution is 5.97. The van der Waals surface area contributed by atoms with Crippen LogP contribution in [0.2, 0.25) is 0 Å². The van der Waals surface area contributed by atoms with Crippen molar-refractivity contribution in [3.8, 4) is 0 Å². The number of carbonyl (C=O) groups excluding carboxylic acids is 2. The molecule has 0 unspecified atom stereocenters. The summed E-state index contributed by atoms with van der Waals surface area (Å²) in [6.45, 7) is 3.22. The quantitative estimate of drug-likeness (QED) is 0.652. The van der Waals surface area contributed by atoms with Gasteiger partial charge >= 0.3 is 0 Å². The Labute approximate surface area is 182 Å². The molecular formula is C24H27N5O2. The molecule has 0 spiro atoms. The van der Waals surface area contributed by atoms with E-state index in [9.17, 15) is 9.59 Å². The molecule has 0 aliphatic carbocycles. The van der Waals surface area contributed by atoms with E-state index in [1.165, 1.54) is 4.90 Å². The summed E-state index contributed by atoms with van der Waals surface area (Å²) >= 11 is 0. The summed E-state index contributed by atoms with van der Waals surface area (Å²) in [7, 11) is 3.43. The van der Waals surface area contributed by atoms with Crippen molar-refractivity contribution in [2.45, 2.75) is 26.2 Å². The molecule has 0 bridgehead atoms. The third-order valence-corrected chi connectivity index (χ3v) is 5.66. The first-order valence-electron chi connectivity index (χ1n) is 10.6. The molecule has 3 aromatic rings. The minimum atomic E-state index is -0.129. The Morgan fingerprint density at radius 3 is 2.77 bits per heavy atom. The molecule has 160 valence electrons. The van der Waals surface area contributed by atoms with Gasteiger partial charge in [-0.25, -0.2) is 9.97 Å². The summed E-state index contributed by atoms with van der Waals surface area (Å²) in [5.74, 6) is 0.776. The minimum Gasteiger partial charge on any atom is -0.343 e. The lowest BCUT2D eigenvalue weighted by Gasteiger charge is -2.32. The summed E-state index contributed by atoms with van der Waals surface area (Å²) < 4.78 is 0. The Kier molecular flexibility index (Phi) is 5.93. The molecular weight excluding hydrogens is 390 g/mol. The highest BCUT2D eigenvalue weighted by Crippen LogP contribution is 2.23. The van der Waals surface area contributed by atoms with Crippen LogP contribution in [0.4, 0.5) is 0 Å². The molecule has 2 aromatic heterocycles. The number of benzene rings is 1.